The highest BCUT2D eigenvalue weighted by Gasteiger charge is 2.25. The van der Waals surface area contributed by atoms with Crippen LogP contribution in [0.3, 0.4) is 0 Å². The molecule has 1 aliphatic carbocycles. The molecule has 14 heavy (non-hydrogen) atoms. The molecule has 2 atom stereocenters. The minimum absolute atomic E-state index is 0.438. The molecule has 1 saturated heterocycles. The van der Waals surface area contributed by atoms with E-state index in [1.807, 2.05) is 0 Å². The number of rotatable bonds is 3. The van der Waals surface area contributed by atoms with Crippen LogP contribution in [0.1, 0.15) is 45.4 Å². The lowest BCUT2D eigenvalue weighted by atomic mass is 9.80. The molecule has 2 N–H and O–H groups in total. The average Bonchev–Trinajstić information content (AvgIpc) is 2.11. The van der Waals surface area contributed by atoms with Gasteiger partial charge in [-0.3, -0.25) is 4.90 Å². The fourth-order valence-electron chi connectivity index (χ4n) is 2.80. The van der Waals surface area contributed by atoms with Crippen molar-refractivity contribution in [1.29, 1.82) is 0 Å². The number of hydrogen-bond acceptors (Lipinski definition) is 2. The number of piperidine rings is 1. The fourth-order valence-corrected chi connectivity index (χ4v) is 2.80. The van der Waals surface area contributed by atoms with E-state index in [1.54, 1.807) is 0 Å². The van der Waals surface area contributed by atoms with Gasteiger partial charge < -0.3 is 5.73 Å². The van der Waals surface area contributed by atoms with Gasteiger partial charge in [-0.15, -0.1) is 0 Å². The van der Waals surface area contributed by atoms with E-state index in [1.165, 1.54) is 45.1 Å². The Morgan fingerprint density at radius 1 is 1.29 bits per heavy atom. The zero-order valence-corrected chi connectivity index (χ0v) is 9.41. The maximum Gasteiger partial charge on any atom is 0.0168 e. The molecule has 0 aromatic carbocycles. The van der Waals surface area contributed by atoms with Crippen molar-refractivity contribution in [3.05, 3.63) is 0 Å². The zero-order valence-electron chi connectivity index (χ0n) is 9.41. The summed E-state index contributed by atoms with van der Waals surface area (Å²) >= 11 is 0. The first-order valence-electron chi connectivity index (χ1n) is 6.25. The molecule has 2 nitrogen and oxygen atoms in total. The predicted octanol–water partition coefficient (Wildman–Crippen LogP) is 1.99. The summed E-state index contributed by atoms with van der Waals surface area (Å²) in [6.07, 6.45) is 8.36. The van der Waals surface area contributed by atoms with E-state index in [2.05, 4.69) is 11.8 Å². The number of nitrogens with zero attached hydrogens (tertiary/aromatic N) is 1. The first-order valence-corrected chi connectivity index (χ1v) is 6.25. The Hall–Kier alpha value is -0.0800. The van der Waals surface area contributed by atoms with Crippen LogP contribution < -0.4 is 5.73 Å². The molecule has 0 bridgehead atoms. The van der Waals surface area contributed by atoms with Crippen LogP contribution in [-0.4, -0.2) is 30.1 Å². The Balaban J connectivity index is 1.74. The minimum atomic E-state index is 0.438. The third kappa shape index (κ3) is 2.48. The normalized spacial score (nSPS) is 32.6. The quantitative estimate of drug-likeness (QED) is 0.748. The standard InChI is InChI=1S/C12H24N2/c1-10(8-11-4-2-5-11)14-7-3-6-12(13)9-14/h10-12H,2-9,13H2,1H3. The van der Waals surface area contributed by atoms with Gasteiger partial charge in [0.1, 0.15) is 0 Å². The average molecular weight is 196 g/mol. The van der Waals surface area contributed by atoms with Crippen molar-refractivity contribution in [3.8, 4) is 0 Å². The molecule has 1 aliphatic heterocycles. The second-order valence-electron chi connectivity index (χ2n) is 5.28. The summed E-state index contributed by atoms with van der Waals surface area (Å²) in [7, 11) is 0. The number of nitrogens with two attached hydrogens (primary N) is 1. The number of likely N-dealkylation sites (tertiary alicyclic amines) is 1. The molecule has 82 valence electrons. The van der Waals surface area contributed by atoms with E-state index >= 15 is 0 Å². The van der Waals surface area contributed by atoms with Crippen LogP contribution in [-0.2, 0) is 0 Å². The number of hydrogen-bond donors (Lipinski definition) is 1. The first kappa shape index (κ1) is 10.4. The van der Waals surface area contributed by atoms with Crippen LogP contribution in [0.5, 0.6) is 0 Å². The fraction of sp³-hybridized carbons (Fsp3) is 1.00. The van der Waals surface area contributed by atoms with Crippen molar-refractivity contribution in [1.82, 2.24) is 4.90 Å². The second-order valence-corrected chi connectivity index (χ2v) is 5.28. The van der Waals surface area contributed by atoms with Crippen LogP contribution in [0.25, 0.3) is 0 Å². The van der Waals surface area contributed by atoms with Crippen molar-refractivity contribution in [2.75, 3.05) is 13.1 Å². The minimum Gasteiger partial charge on any atom is -0.327 e. The summed E-state index contributed by atoms with van der Waals surface area (Å²) in [5.74, 6) is 1.03. The van der Waals surface area contributed by atoms with Gasteiger partial charge in [0.2, 0.25) is 0 Å². The smallest absolute Gasteiger partial charge is 0.0168 e. The lowest BCUT2D eigenvalue weighted by Crippen LogP contribution is -2.47. The summed E-state index contributed by atoms with van der Waals surface area (Å²) in [5.41, 5.74) is 6.00. The molecule has 0 aromatic rings. The second kappa shape index (κ2) is 4.63. The van der Waals surface area contributed by atoms with Gasteiger partial charge >= 0.3 is 0 Å². The monoisotopic (exact) mass is 196 g/mol. The van der Waals surface area contributed by atoms with Gasteiger partial charge in [0.05, 0.1) is 0 Å². The van der Waals surface area contributed by atoms with Crippen molar-refractivity contribution >= 4 is 0 Å². The van der Waals surface area contributed by atoms with Crippen LogP contribution >= 0.6 is 0 Å². The van der Waals surface area contributed by atoms with Crippen molar-refractivity contribution in [3.63, 3.8) is 0 Å². The summed E-state index contributed by atoms with van der Waals surface area (Å²) in [5, 5.41) is 0. The third-order valence-corrected chi connectivity index (χ3v) is 4.01. The predicted molar refractivity (Wildman–Crippen MR) is 60.2 cm³/mol. The third-order valence-electron chi connectivity index (χ3n) is 4.01. The summed E-state index contributed by atoms with van der Waals surface area (Å²) in [6, 6.07) is 1.21. The highest BCUT2D eigenvalue weighted by Crippen LogP contribution is 2.32. The maximum absolute atomic E-state index is 6.00. The van der Waals surface area contributed by atoms with Gasteiger partial charge in [-0.05, 0) is 38.6 Å². The molecule has 2 heteroatoms. The Labute approximate surface area is 87.8 Å². The van der Waals surface area contributed by atoms with E-state index in [9.17, 15) is 0 Å². The molecule has 2 fully saturated rings. The van der Waals surface area contributed by atoms with Gasteiger partial charge in [0.15, 0.2) is 0 Å². The van der Waals surface area contributed by atoms with E-state index < -0.39 is 0 Å². The largest absolute Gasteiger partial charge is 0.327 e. The zero-order chi connectivity index (χ0) is 9.97. The van der Waals surface area contributed by atoms with E-state index in [4.69, 9.17) is 5.73 Å². The highest BCUT2D eigenvalue weighted by molar-refractivity contribution is 4.82. The Morgan fingerprint density at radius 3 is 2.64 bits per heavy atom. The Kier molecular flexibility index (Phi) is 3.45. The van der Waals surface area contributed by atoms with Crippen LogP contribution in [0.2, 0.25) is 0 Å². The Morgan fingerprint density at radius 2 is 2.07 bits per heavy atom. The van der Waals surface area contributed by atoms with Gasteiger partial charge in [0.25, 0.3) is 0 Å². The molecule has 0 radical (unpaired) electrons. The van der Waals surface area contributed by atoms with E-state index in [0.717, 1.165) is 18.5 Å². The van der Waals surface area contributed by atoms with Crippen LogP contribution in [0.4, 0.5) is 0 Å². The van der Waals surface area contributed by atoms with Gasteiger partial charge in [0, 0.05) is 18.6 Å². The first-order chi connectivity index (χ1) is 6.75. The topological polar surface area (TPSA) is 29.3 Å². The molecule has 0 amide bonds. The van der Waals surface area contributed by atoms with Crippen molar-refractivity contribution in [2.45, 2.75) is 57.5 Å². The van der Waals surface area contributed by atoms with Gasteiger partial charge in [-0.1, -0.05) is 19.3 Å². The van der Waals surface area contributed by atoms with Gasteiger partial charge in [-0.25, -0.2) is 0 Å². The van der Waals surface area contributed by atoms with E-state index in [0.29, 0.717) is 6.04 Å². The molecule has 1 heterocycles. The van der Waals surface area contributed by atoms with Crippen LogP contribution in [0.15, 0.2) is 0 Å². The molecular formula is C12H24N2. The molecule has 0 aromatic heterocycles. The lowest BCUT2D eigenvalue weighted by Gasteiger charge is -2.38. The molecular weight excluding hydrogens is 172 g/mol. The van der Waals surface area contributed by atoms with Gasteiger partial charge in [-0.2, -0.15) is 0 Å². The summed E-state index contributed by atoms with van der Waals surface area (Å²) in [4.78, 5) is 2.60. The molecule has 2 unspecified atom stereocenters. The summed E-state index contributed by atoms with van der Waals surface area (Å²) < 4.78 is 0. The Bertz CT molecular complexity index is 177. The SMILES string of the molecule is CC(CC1CCC1)N1CCCC(N)C1. The van der Waals surface area contributed by atoms with Crippen molar-refractivity contribution in [2.24, 2.45) is 11.7 Å². The molecule has 2 aliphatic rings. The molecule has 1 saturated carbocycles. The molecule has 0 spiro atoms. The van der Waals surface area contributed by atoms with E-state index in [-0.39, 0.29) is 0 Å². The highest BCUT2D eigenvalue weighted by atomic mass is 15.2. The van der Waals surface area contributed by atoms with Crippen molar-refractivity contribution < 1.29 is 0 Å². The lowest BCUT2D eigenvalue weighted by molar-refractivity contribution is 0.123. The summed E-state index contributed by atoms with van der Waals surface area (Å²) in [6.45, 7) is 4.80. The molecule has 2 rings (SSSR count). The van der Waals surface area contributed by atoms with Crippen LogP contribution in [0, 0.1) is 5.92 Å². The maximum atomic E-state index is 6.00.